The van der Waals surface area contributed by atoms with Crippen LogP contribution in [0, 0.1) is 6.92 Å². The highest BCUT2D eigenvalue weighted by Gasteiger charge is 2.10. The predicted molar refractivity (Wildman–Crippen MR) is 79.6 cm³/mol. The molecule has 0 bridgehead atoms. The number of benzene rings is 1. The lowest BCUT2D eigenvalue weighted by Crippen LogP contribution is -2.27. The van der Waals surface area contributed by atoms with Gasteiger partial charge in [-0.3, -0.25) is 9.48 Å². The average molecular weight is 292 g/mol. The van der Waals surface area contributed by atoms with E-state index in [1.807, 2.05) is 44.2 Å². The molecule has 20 heavy (non-hydrogen) atoms. The summed E-state index contributed by atoms with van der Waals surface area (Å²) in [4.78, 5) is 11.9. The van der Waals surface area contributed by atoms with Crippen molar-refractivity contribution in [2.24, 2.45) is 0 Å². The zero-order valence-corrected chi connectivity index (χ0v) is 12.4. The van der Waals surface area contributed by atoms with Gasteiger partial charge >= 0.3 is 0 Å². The Morgan fingerprint density at radius 2 is 2.10 bits per heavy atom. The van der Waals surface area contributed by atoms with E-state index < -0.39 is 0 Å². The molecule has 2 rings (SSSR count). The summed E-state index contributed by atoms with van der Waals surface area (Å²) in [7, 11) is 0. The smallest absolute Gasteiger partial charge is 0.222 e. The lowest BCUT2D eigenvalue weighted by Gasteiger charge is -2.14. The van der Waals surface area contributed by atoms with Gasteiger partial charge in [-0.15, -0.1) is 0 Å². The summed E-state index contributed by atoms with van der Waals surface area (Å²) in [5, 5.41) is 7.83. The van der Waals surface area contributed by atoms with Gasteiger partial charge in [0.05, 0.1) is 16.8 Å². The van der Waals surface area contributed by atoms with E-state index in [1.165, 1.54) is 0 Å². The van der Waals surface area contributed by atoms with Gasteiger partial charge in [-0.2, -0.15) is 5.10 Å². The second kappa shape index (κ2) is 6.57. The molecule has 106 valence electrons. The molecule has 1 unspecified atom stereocenters. The summed E-state index contributed by atoms with van der Waals surface area (Å²) >= 11 is 5.93. The van der Waals surface area contributed by atoms with Crippen LogP contribution in [0.3, 0.4) is 0 Å². The third-order valence-electron chi connectivity index (χ3n) is 3.13. The minimum absolute atomic E-state index is 0.00521. The Bertz CT molecular complexity index is 561. The van der Waals surface area contributed by atoms with E-state index in [1.54, 1.807) is 10.9 Å². The number of carbonyl (C=O) groups is 1. The van der Waals surface area contributed by atoms with Crippen LogP contribution >= 0.6 is 11.6 Å². The van der Waals surface area contributed by atoms with Crippen molar-refractivity contribution in [2.75, 3.05) is 0 Å². The largest absolute Gasteiger partial charge is 0.350 e. The molecule has 1 heterocycles. The first-order valence-electron chi connectivity index (χ1n) is 6.60. The third-order valence-corrected chi connectivity index (χ3v) is 3.50. The fraction of sp³-hybridized carbons (Fsp3) is 0.333. The van der Waals surface area contributed by atoms with Crippen LogP contribution in [0.25, 0.3) is 0 Å². The highest BCUT2D eigenvalue weighted by Crippen LogP contribution is 2.13. The van der Waals surface area contributed by atoms with Gasteiger partial charge in [-0.05, 0) is 19.4 Å². The van der Waals surface area contributed by atoms with Gasteiger partial charge in [-0.25, -0.2) is 0 Å². The van der Waals surface area contributed by atoms with Crippen LogP contribution in [0.4, 0.5) is 0 Å². The third kappa shape index (κ3) is 3.84. The van der Waals surface area contributed by atoms with Gasteiger partial charge in [0, 0.05) is 19.2 Å². The van der Waals surface area contributed by atoms with Crippen LogP contribution in [0.1, 0.15) is 30.6 Å². The maximum absolute atomic E-state index is 11.9. The van der Waals surface area contributed by atoms with Gasteiger partial charge in [0.25, 0.3) is 0 Å². The van der Waals surface area contributed by atoms with E-state index in [4.69, 9.17) is 11.6 Å². The summed E-state index contributed by atoms with van der Waals surface area (Å²) in [5.41, 5.74) is 1.88. The highest BCUT2D eigenvalue weighted by atomic mass is 35.5. The van der Waals surface area contributed by atoms with Gasteiger partial charge in [0.1, 0.15) is 0 Å². The van der Waals surface area contributed by atoms with E-state index in [2.05, 4.69) is 10.4 Å². The number of nitrogens with zero attached hydrogens (tertiary/aromatic N) is 2. The summed E-state index contributed by atoms with van der Waals surface area (Å²) in [6, 6.07) is 9.90. The molecule has 0 saturated carbocycles. The maximum Gasteiger partial charge on any atom is 0.222 e. The van der Waals surface area contributed by atoms with Crippen LogP contribution < -0.4 is 5.32 Å². The van der Waals surface area contributed by atoms with Gasteiger partial charge < -0.3 is 5.32 Å². The van der Waals surface area contributed by atoms with Crippen LogP contribution in [-0.2, 0) is 11.3 Å². The number of hydrogen-bond donors (Lipinski definition) is 1. The van der Waals surface area contributed by atoms with Crippen LogP contribution in [0.5, 0.6) is 0 Å². The van der Waals surface area contributed by atoms with Crippen molar-refractivity contribution in [1.29, 1.82) is 0 Å². The fourth-order valence-corrected chi connectivity index (χ4v) is 2.11. The van der Waals surface area contributed by atoms with Gasteiger partial charge in [0.2, 0.25) is 5.91 Å². The normalized spacial score (nSPS) is 12.2. The average Bonchev–Trinajstić information content (AvgIpc) is 2.76. The number of aryl methyl sites for hydroxylation is 2. The molecule has 1 aromatic carbocycles. The second-order valence-electron chi connectivity index (χ2n) is 4.78. The molecule has 1 amide bonds. The molecule has 1 aromatic heterocycles. The number of amides is 1. The molecule has 0 radical (unpaired) electrons. The van der Waals surface area contributed by atoms with Crippen LogP contribution in [0.2, 0.25) is 5.02 Å². The number of rotatable bonds is 5. The van der Waals surface area contributed by atoms with Crippen molar-refractivity contribution in [3.63, 3.8) is 0 Å². The Labute approximate surface area is 123 Å². The highest BCUT2D eigenvalue weighted by molar-refractivity contribution is 6.31. The molecule has 0 saturated heterocycles. The Kier molecular flexibility index (Phi) is 4.79. The van der Waals surface area contributed by atoms with E-state index >= 15 is 0 Å². The lowest BCUT2D eigenvalue weighted by molar-refractivity contribution is -0.122. The van der Waals surface area contributed by atoms with Gasteiger partial charge in [-0.1, -0.05) is 41.9 Å². The number of aromatic nitrogens is 2. The Balaban J connectivity index is 1.84. The van der Waals surface area contributed by atoms with Crippen molar-refractivity contribution in [2.45, 2.75) is 32.9 Å². The number of hydrogen-bond acceptors (Lipinski definition) is 2. The topological polar surface area (TPSA) is 46.9 Å². The van der Waals surface area contributed by atoms with Crippen LogP contribution in [0.15, 0.2) is 36.5 Å². The summed E-state index contributed by atoms with van der Waals surface area (Å²) in [6.45, 7) is 4.35. The van der Waals surface area contributed by atoms with Crippen LogP contribution in [-0.4, -0.2) is 15.7 Å². The molecule has 1 N–H and O–H groups in total. The van der Waals surface area contributed by atoms with E-state index in [0.717, 1.165) is 11.3 Å². The van der Waals surface area contributed by atoms with Crippen molar-refractivity contribution >= 4 is 17.5 Å². The van der Waals surface area contributed by atoms with Crippen molar-refractivity contribution in [3.8, 4) is 0 Å². The quantitative estimate of drug-likeness (QED) is 0.920. The molecular formula is C15H18ClN3O. The number of halogens is 1. The maximum atomic E-state index is 11.9. The molecule has 4 nitrogen and oxygen atoms in total. The minimum atomic E-state index is 0.00521. The molecule has 0 aliphatic carbocycles. The Morgan fingerprint density at radius 3 is 2.70 bits per heavy atom. The summed E-state index contributed by atoms with van der Waals surface area (Å²) in [5.74, 6) is 0.00521. The summed E-state index contributed by atoms with van der Waals surface area (Å²) in [6.07, 6.45) is 2.12. The van der Waals surface area contributed by atoms with Crippen molar-refractivity contribution in [3.05, 3.63) is 52.8 Å². The van der Waals surface area contributed by atoms with E-state index in [-0.39, 0.29) is 11.9 Å². The zero-order valence-electron chi connectivity index (χ0n) is 11.6. The van der Waals surface area contributed by atoms with Gasteiger partial charge in [0.15, 0.2) is 0 Å². The summed E-state index contributed by atoms with van der Waals surface area (Å²) < 4.78 is 1.70. The first-order valence-corrected chi connectivity index (χ1v) is 6.98. The second-order valence-corrected chi connectivity index (χ2v) is 5.18. The first kappa shape index (κ1) is 14.6. The first-order chi connectivity index (χ1) is 9.56. The molecule has 0 aliphatic rings. The standard InChI is InChI=1S/C15H18ClN3O/c1-11(13-6-4-3-5-7-13)17-15(20)8-9-19-10-14(16)12(2)18-19/h3-7,10-11H,8-9H2,1-2H3,(H,17,20). The number of carbonyl (C=O) groups excluding carboxylic acids is 1. The monoisotopic (exact) mass is 291 g/mol. The SMILES string of the molecule is Cc1nn(CCC(=O)NC(C)c2ccccc2)cc1Cl. The van der Waals surface area contributed by atoms with E-state index in [0.29, 0.717) is 18.0 Å². The molecule has 0 fully saturated rings. The molecule has 0 aliphatic heterocycles. The molecule has 1 atom stereocenters. The number of nitrogens with one attached hydrogen (secondary N) is 1. The lowest BCUT2D eigenvalue weighted by atomic mass is 10.1. The van der Waals surface area contributed by atoms with Crippen molar-refractivity contribution < 1.29 is 4.79 Å². The fourth-order valence-electron chi connectivity index (χ4n) is 1.96. The Hall–Kier alpha value is -1.81. The molecular weight excluding hydrogens is 274 g/mol. The minimum Gasteiger partial charge on any atom is -0.350 e. The van der Waals surface area contributed by atoms with Crippen molar-refractivity contribution in [1.82, 2.24) is 15.1 Å². The molecule has 0 spiro atoms. The zero-order chi connectivity index (χ0) is 14.5. The van der Waals surface area contributed by atoms with E-state index in [9.17, 15) is 4.79 Å². The Morgan fingerprint density at radius 1 is 1.40 bits per heavy atom. The molecule has 2 aromatic rings. The predicted octanol–water partition coefficient (Wildman–Crippen LogP) is 3.11. The molecule has 5 heteroatoms.